The molecule has 5 nitrogen and oxygen atoms in total. The lowest BCUT2D eigenvalue weighted by atomic mass is 9.66. The van der Waals surface area contributed by atoms with Crippen LogP contribution in [0.2, 0.25) is 0 Å². The molecule has 2 aliphatic rings. The van der Waals surface area contributed by atoms with Gasteiger partial charge in [0.05, 0.1) is 18.1 Å². The molecule has 1 aliphatic heterocycles. The lowest BCUT2D eigenvalue weighted by Crippen LogP contribution is -2.51. The topological polar surface area (TPSA) is 55.8 Å². The van der Waals surface area contributed by atoms with Crippen LogP contribution in [0.5, 0.6) is 0 Å². The van der Waals surface area contributed by atoms with Crippen LogP contribution in [0, 0.1) is 5.41 Å². The standard InChI is InChI=1S/C20H27NO4/c1-24-12-4-11-21-10-3-8-20(19(21)23)9-7-15-13-16(18(22)25-2)5-6-17(15)14-20/h5-6,13H,3-4,7-12,14H2,1-2H3/t20-/m1/s1. The summed E-state index contributed by atoms with van der Waals surface area (Å²) in [6, 6.07) is 5.74. The number of piperidine rings is 1. The zero-order chi connectivity index (χ0) is 17.9. The Labute approximate surface area is 149 Å². The molecule has 0 saturated carbocycles. The van der Waals surface area contributed by atoms with E-state index in [1.807, 2.05) is 23.1 Å². The predicted octanol–water partition coefficient (Wildman–Crippen LogP) is 2.61. The van der Waals surface area contributed by atoms with E-state index in [1.54, 1.807) is 7.11 Å². The largest absolute Gasteiger partial charge is 0.465 e. The summed E-state index contributed by atoms with van der Waals surface area (Å²) in [5.41, 5.74) is 2.71. The Balaban J connectivity index is 1.76. The molecule has 1 aromatic carbocycles. The monoisotopic (exact) mass is 345 g/mol. The molecule has 25 heavy (non-hydrogen) atoms. The highest BCUT2D eigenvalue weighted by Crippen LogP contribution is 2.43. The summed E-state index contributed by atoms with van der Waals surface area (Å²) in [4.78, 5) is 26.9. The quantitative estimate of drug-likeness (QED) is 0.608. The molecule has 0 aromatic heterocycles. The number of methoxy groups -OCH3 is 2. The number of esters is 1. The Kier molecular flexibility index (Phi) is 5.42. The van der Waals surface area contributed by atoms with E-state index in [1.165, 1.54) is 18.2 Å². The maximum absolute atomic E-state index is 13.1. The van der Waals surface area contributed by atoms with Crippen LogP contribution in [0.15, 0.2) is 18.2 Å². The molecule has 5 heteroatoms. The van der Waals surface area contributed by atoms with Crippen LogP contribution in [-0.4, -0.2) is 50.7 Å². The highest BCUT2D eigenvalue weighted by molar-refractivity contribution is 5.90. The van der Waals surface area contributed by atoms with Gasteiger partial charge in [-0.3, -0.25) is 4.79 Å². The van der Waals surface area contributed by atoms with Crippen molar-refractivity contribution >= 4 is 11.9 Å². The third-order valence-corrected chi connectivity index (χ3v) is 5.63. The lowest BCUT2D eigenvalue weighted by molar-refractivity contribution is -0.147. The van der Waals surface area contributed by atoms with Crippen LogP contribution in [-0.2, 0) is 27.1 Å². The van der Waals surface area contributed by atoms with Crippen LogP contribution in [0.1, 0.15) is 47.2 Å². The number of hydrogen-bond donors (Lipinski definition) is 0. The maximum atomic E-state index is 13.1. The minimum atomic E-state index is -0.304. The average molecular weight is 345 g/mol. The number of amides is 1. The summed E-state index contributed by atoms with van der Waals surface area (Å²) in [5, 5.41) is 0. The van der Waals surface area contributed by atoms with E-state index in [9.17, 15) is 9.59 Å². The van der Waals surface area contributed by atoms with Gasteiger partial charge in [-0.1, -0.05) is 6.07 Å². The molecule has 0 radical (unpaired) electrons. The first-order chi connectivity index (χ1) is 12.1. The van der Waals surface area contributed by atoms with E-state index in [0.29, 0.717) is 18.1 Å². The van der Waals surface area contributed by atoms with Crippen LogP contribution < -0.4 is 0 Å². The van der Waals surface area contributed by atoms with Gasteiger partial charge in [-0.05, 0) is 61.8 Å². The van der Waals surface area contributed by atoms with E-state index in [4.69, 9.17) is 9.47 Å². The number of benzene rings is 1. The molecular formula is C20H27NO4. The van der Waals surface area contributed by atoms with Crippen molar-refractivity contribution in [1.82, 2.24) is 4.90 Å². The zero-order valence-electron chi connectivity index (χ0n) is 15.2. The minimum Gasteiger partial charge on any atom is -0.465 e. The normalized spacial score (nSPS) is 22.8. The summed E-state index contributed by atoms with van der Waals surface area (Å²) in [6.07, 6.45) is 5.40. The first-order valence-electron chi connectivity index (χ1n) is 9.08. The number of nitrogens with zero attached hydrogens (tertiary/aromatic N) is 1. The Morgan fingerprint density at radius 1 is 1.24 bits per heavy atom. The first kappa shape index (κ1) is 17.9. The molecular weight excluding hydrogens is 318 g/mol. The third kappa shape index (κ3) is 3.56. The Hall–Kier alpha value is -1.88. The van der Waals surface area contributed by atoms with Gasteiger partial charge in [-0.15, -0.1) is 0 Å². The summed E-state index contributed by atoms with van der Waals surface area (Å²) in [5.74, 6) is -0.00121. The van der Waals surface area contributed by atoms with Crippen molar-refractivity contribution in [3.05, 3.63) is 34.9 Å². The highest BCUT2D eigenvalue weighted by Gasteiger charge is 2.45. The fraction of sp³-hybridized carbons (Fsp3) is 0.600. The predicted molar refractivity (Wildman–Crippen MR) is 94.5 cm³/mol. The van der Waals surface area contributed by atoms with Gasteiger partial charge in [0.1, 0.15) is 0 Å². The number of ether oxygens (including phenoxy) is 2. The third-order valence-electron chi connectivity index (χ3n) is 5.63. The van der Waals surface area contributed by atoms with Crippen LogP contribution in [0.3, 0.4) is 0 Å². The van der Waals surface area contributed by atoms with Gasteiger partial charge in [0, 0.05) is 26.8 Å². The molecule has 3 rings (SSSR count). The lowest BCUT2D eigenvalue weighted by Gasteiger charge is -2.44. The van der Waals surface area contributed by atoms with Crippen molar-refractivity contribution in [1.29, 1.82) is 0 Å². The Bertz CT molecular complexity index is 657. The Morgan fingerprint density at radius 3 is 2.84 bits per heavy atom. The van der Waals surface area contributed by atoms with Crippen molar-refractivity contribution in [3.8, 4) is 0 Å². The van der Waals surface area contributed by atoms with E-state index in [2.05, 4.69) is 0 Å². The maximum Gasteiger partial charge on any atom is 0.337 e. The van der Waals surface area contributed by atoms with Crippen molar-refractivity contribution in [2.45, 2.75) is 38.5 Å². The molecule has 1 aromatic rings. The summed E-state index contributed by atoms with van der Waals surface area (Å²) >= 11 is 0. The van der Waals surface area contributed by atoms with Gasteiger partial charge >= 0.3 is 5.97 Å². The molecule has 1 saturated heterocycles. The van der Waals surface area contributed by atoms with Crippen LogP contribution in [0.25, 0.3) is 0 Å². The van der Waals surface area contributed by atoms with E-state index >= 15 is 0 Å². The molecule has 1 atom stereocenters. The fourth-order valence-electron chi connectivity index (χ4n) is 4.26. The summed E-state index contributed by atoms with van der Waals surface area (Å²) in [6.45, 7) is 2.33. The fourth-order valence-corrected chi connectivity index (χ4v) is 4.26. The Morgan fingerprint density at radius 2 is 2.08 bits per heavy atom. The van der Waals surface area contributed by atoms with Gasteiger partial charge in [-0.25, -0.2) is 4.79 Å². The summed E-state index contributed by atoms with van der Waals surface area (Å²) < 4.78 is 9.92. The second-order valence-corrected chi connectivity index (χ2v) is 7.17. The number of likely N-dealkylation sites (tertiary alicyclic amines) is 1. The van der Waals surface area contributed by atoms with Crippen molar-refractivity contribution < 1.29 is 19.1 Å². The molecule has 0 bridgehead atoms. The smallest absolute Gasteiger partial charge is 0.337 e. The number of carbonyl (C=O) groups is 2. The van der Waals surface area contributed by atoms with E-state index < -0.39 is 0 Å². The van der Waals surface area contributed by atoms with Gasteiger partial charge in [0.15, 0.2) is 0 Å². The van der Waals surface area contributed by atoms with Crippen LogP contribution >= 0.6 is 0 Å². The van der Waals surface area contributed by atoms with Gasteiger partial charge < -0.3 is 14.4 Å². The molecule has 0 N–H and O–H groups in total. The number of carbonyl (C=O) groups excluding carboxylic acids is 2. The van der Waals surface area contributed by atoms with Gasteiger partial charge in [0.2, 0.25) is 5.91 Å². The zero-order valence-corrected chi connectivity index (χ0v) is 15.2. The molecule has 0 unspecified atom stereocenters. The molecule has 1 heterocycles. The van der Waals surface area contributed by atoms with E-state index in [0.717, 1.165) is 51.6 Å². The molecule has 1 fully saturated rings. The first-order valence-corrected chi connectivity index (χ1v) is 9.08. The number of hydrogen-bond acceptors (Lipinski definition) is 4. The second-order valence-electron chi connectivity index (χ2n) is 7.17. The van der Waals surface area contributed by atoms with Gasteiger partial charge in [-0.2, -0.15) is 0 Å². The molecule has 1 aliphatic carbocycles. The number of aryl methyl sites for hydroxylation is 1. The molecule has 1 amide bonds. The number of fused-ring (bicyclic) bond motifs is 1. The number of rotatable bonds is 5. The molecule has 136 valence electrons. The highest BCUT2D eigenvalue weighted by atomic mass is 16.5. The van der Waals surface area contributed by atoms with Crippen molar-refractivity contribution in [2.24, 2.45) is 5.41 Å². The molecule has 1 spiro atoms. The average Bonchev–Trinajstić information content (AvgIpc) is 2.64. The summed E-state index contributed by atoms with van der Waals surface area (Å²) in [7, 11) is 3.09. The van der Waals surface area contributed by atoms with Crippen LogP contribution in [0.4, 0.5) is 0 Å². The van der Waals surface area contributed by atoms with E-state index in [-0.39, 0.29) is 11.4 Å². The minimum absolute atomic E-state index is 0.259. The SMILES string of the molecule is COCCCN1CCC[C@]2(CCc3cc(C(=O)OC)ccc3C2)C1=O. The van der Waals surface area contributed by atoms with Gasteiger partial charge in [0.25, 0.3) is 0 Å². The second kappa shape index (κ2) is 7.56. The van der Waals surface area contributed by atoms with Crippen molar-refractivity contribution in [3.63, 3.8) is 0 Å². The van der Waals surface area contributed by atoms with Crippen molar-refractivity contribution in [2.75, 3.05) is 33.9 Å².